The lowest BCUT2D eigenvalue weighted by molar-refractivity contribution is 0.932. The van der Waals surface area contributed by atoms with E-state index in [0.717, 1.165) is 18.7 Å². The van der Waals surface area contributed by atoms with Gasteiger partial charge in [0.2, 0.25) is 0 Å². The standard InChI is InChI=1S/C15H21N/c1-5-10-16-14(4)7-9-15-8-6-12(2)13(3)11-15/h6-9,11H,5,10H2,1-4H3/b9-7+,16-14+. The van der Waals surface area contributed by atoms with Gasteiger partial charge in [-0.25, -0.2) is 0 Å². The number of allylic oxidation sites excluding steroid dienone is 1. The van der Waals surface area contributed by atoms with Crippen LogP contribution in [0, 0.1) is 13.8 Å². The third kappa shape index (κ3) is 4.01. The van der Waals surface area contributed by atoms with Gasteiger partial charge >= 0.3 is 0 Å². The van der Waals surface area contributed by atoms with Gasteiger partial charge < -0.3 is 0 Å². The minimum absolute atomic E-state index is 0.920. The normalized spacial score (nSPS) is 12.4. The highest BCUT2D eigenvalue weighted by Crippen LogP contribution is 2.11. The molecular weight excluding hydrogens is 194 g/mol. The number of aliphatic imine (C=N–C) groups is 1. The summed E-state index contributed by atoms with van der Waals surface area (Å²) >= 11 is 0. The van der Waals surface area contributed by atoms with E-state index in [2.05, 4.69) is 56.1 Å². The molecule has 1 aromatic carbocycles. The second-order valence-electron chi connectivity index (χ2n) is 4.20. The van der Waals surface area contributed by atoms with Crippen LogP contribution in [0.25, 0.3) is 6.08 Å². The van der Waals surface area contributed by atoms with Crippen LogP contribution in [0.2, 0.25) is 0 Å². The Labute approximate surface area is 98.9 Å². The van der Waals surface area contributed by atoms with Crippen molar-refractivity contribution in [2.24, 2.45) is 4.99 Å². The maximum Gasteiger partial charge on any atom is 0.0389 e. The highest BCUT2D eigenvalue weighted by molar-refractivity contribution is 5.96. The van der Waals surface area contributed by atoms with Gasteiger partial charge in [-0.1, -0.05) is 31.2 Å². The van der Waals surface area contributed by atoms with Crippen LogP contribution in [0.5, 0.6) is 0 Å². The van der Waals surface area contributed by atoms with Gasteiger partial charge in [0.25, 0.3) is 0 Å². The first-order valence-corrected chi connectivity index (χ1v) is 5.90. The van der Waals surface area contributed by atoms with Crippen LogP contribution in [0.4, 0.5) is 0 Å². The molecule has 86 valence electrons. The summed E-state index contributed by atoms with van der Waals surface area (Å²) in [6.07, 6.45) is 5.31. The Balaban J connectivity index is 2.72. The van der Waals surface area contributed by atoms with Crippen molar-refractivity contribution in [2.45, 2.75) is 34.1 Å². The van der Waals surface area contributed by atoms with E-state index in [0.29, 0.717) is 0 Å². The zero-order valence-electron chi connectivity index (χ0n) is 10.7. The van der Waals surface area contributed by atoms with Gasteiger partial charge in [-0.15, -0.1) is 0 Å². The largest absolute Gasteiger partial charge is 0.290 e. The molecule has 0 atom stereocenters. The molecule has 1 aromatic rings. The molecule has 0 heterocycles. The van der Waals surface area contributed by atoms with Crippen molar-refractivity contribution in [2.75, 3.05) is 6.54 Å². The molecule has 1 rings (SSSR count). The SMILES string of the molecule is CCC/N=C(C)/C=C/c1ccc(C)c(C)c1. The molecule has 1 heteroatoms. The van der Waals surface area contributed by atoms with Crippen molar-refractivity contribution >= 4 is 11.8 Å². The summed E-state index contributed by atoms with van der Waals surface area (Å²) in [5.74, 6) is 0. The molecule has 0 aliphatic rings. The molecule has 0 aliphatic heterocycles. The lowest BCUT2D eigenvalue weighted by Gasteiger charge is -2.00. The van der Waals surface area contributed by atoms with Gasteiger partial charge in [-0.05, 0) is 50.0 Å². The van der Waals surface area contributed by atoms with Crippen molar-refractivity contribution in [3.63, 3.8) is 0 Å². The molecule has 1 nitrogen and oxygen atoms in total. The van der Waals surface area contributed by atoms with E-state index in [1.165, 1.54) is 16.7 Å². The molecule has 0 saturated carbocycles. The number of hydrogen-bond acceptors (Lipinski definition) is 1. The summed E-state index contributed by atoms with van der Waals surface area (Å²) in [7, 11) is 0. The number of nitrogens with zero attached hydrogens (tertiary/aromatic N) is 1. The first-order valence-electron chi connectivity index (χ1n) is 5.90. The van der Waals surface area contributed by atoms with Crippen LogP contribution in [-0.2, 0) is 0 Å². The molecule has 0 amide bonds. The van der Waals surface area contributed by atoms with Crippen LogP contribution in [0.3, 0.4) is 0 Å². The summed E-state index contributed by atoms with van der Waals surface area (Å²) in [6, 6.07) is 6.51. The molecule has 16 heavy (non-hydrogen) atoms. The Bertz CT molecular complexity index is 400. The Kier molecular flexibility index (Phi) is 4.97. The predicted octanol–water partition coefficient (Wildman–Crippen LogP) is 4.19. The van der Waals surface area contributed by atoms with Crippen molar-refractivity contribution in [1.29, 1.82) is 0 Å². The maximum absolute atomic E-state index is 4.43. The Morgan fingerprint density at radius 2 is 2.00 bits per heavy atom. The minimum Gasteiger partial charge on any atom is -0.290 e. The fourth-order valence-electron chi connectivity index (χ4n) is 1.43. The van der Waals surface area contributed by atoms with Gasteiger partial charge in [0.05, 0.1) is 0 Å². The van der Waals surface area contributed by atoms with E-state index < -0.39 is 0 Å². The fourth-order valence-corrected chi connectivity index (χ4v) is 1.43. The minimum atomic E-state index is 0.920. The van der Waals surface area contributed by atoms with Gasteiger partial charge in [-0.3, -0.25) is 4.99 Å². The molecule has 0 radical (unpaired) electrons. The Morgan fingerprint density at radius 3 is 2.62 bits per heavy atom. The van der Waals surface area contributed by atoms with Gasteiger partial charge in [-0.2, -0.15) is 0 Å². The molecule has 0 N–H and O–H groups in total. The van der Waals surface area contributed by atoms with Crippen molar-refractivity contribution in [3.8, 4) is 0 Å². The van der Waals surface area contributed by atoms with Crippen LogP contribution in [0.15, 0.2) is 29.3 Å². The molecule has 0 unspecified atom stereocenters. The maximum atomic E-state index is 4.43. The number of hydrogen-bond donors (Lipinski definition) is 0. The van der Waals surface area contributed by atoms with Crippen LogP contribution in [0.1, 0.15) is 37.0 Å². The molecule has 0 aliphatic carbocycles. The van der Waals surface area contributed by atoms with E-state index in [4.69, 9.17) is 0 Å². The summed E-state index contributed by atoms with van der Waals surface area (Å²) < 4.78 is 0. The average Bonchev–Trinajstić information content (AvgIpc) is 2.28. The first-order chi connectivity index (χ1) is 7.63. The van der Waals surface area contributed by atoms with E-state index in [9.17, 15) is 0 Å². The smallest absolute Gasteiger partial charge is 0.0389 e. The quantitative estimate of drug-likeness (QED) is 0.668. The molecular formula is C15H21N. The van der Waals surface area contributed by atoms with E-state index in [1.54, 1.807) is 0 Å². The molecule has 0 bridgehead atoms. The van der Waals surface area contributed by atoms with Gasteiger partial charge in [0.15, 0.2) is 0 Å². The van der Waals surface area contributed by atoms with E-state index in [1.807, 2.05) is 6.92 Å². The molecule has 0 spiro atoms. The highest BCUT2D eigenvalue weighted by Gasteiger charge is 1.92. The van der Waals surface area contributed by atoms with Crippen LogP contribution in [-0.4, -0.2) is 12.3 Å². The average molecular weight is 215 g/mol. The van der Waals surface area contributed by atoms with Gasteiger partial charge in [0.1, 0.15) is 0 Å². The summed E-state index contributed by atoms with van der Waals surface area (Å²) in [5, 5.41) is 0. The summed E-state index contributed by atoms with van der Waals surface area (Å²) in [5.41, 5.74) is 5.02. The van der Waals surface area contributed by atoms with Crippen LogP contribution < -0.4 is 0 Å². The number of aryl methyl sites for hydroxylation is 2. The molecule has 0 aromatic heterocycles. The van der Waals surface area contributed by atoms with E-state index in [-0.39, 0.29) is 0 Å². The summed E-state index contributed by atoms with van der Waals surface area (Å²) in [4.78, 5) is 4.43. The molecule has 0 fully saturated rings. The highest BCUT2D eigenvalue weighted by atomic mass is 14.7. The second kappa shape index (κ2) is 6.26. The zero-order chi connectivity index (χ0) is 12.0. The molecule has 0 saturated heterocycles. The summed E-state index contributed by atoms with van der Waals surface area (Å²) in [6.45, 7) is 9.39. The van der Waals surface area contributed by atoms with Crippen molar-refractivity contribution in [1.82, 2.24) is 0 Å². The van der Waals surface area contributed by atoms with Gasteiger partial charge in [0, 0.05) is 12.3 Å². The third-order valence-electron chi connectivity index (χ3n) is 2.63. The lowest BCUT2D eigenvalue weighted by atomic mass is 10.1. The Morgan fingerprint density at radius 1 is 1.25 bits per heavy atom. The lowest BCUT2D eigenvalue weighted by Crippen LogP contribution is -1.88. The van der Waals surface area contributed by atoms with Crippen molar-refractivity contribution in [3.05, 3.63) is 41.0 Å². The Hall–Kier alpha value is -1.37. The number of benzene rings is 1. The first kappa shape index (κ1) is 12.7. The number of rotatable bonds is 4. The fraction of sp³-hybridized carbons (Fsp3) is 0.400. The van der Waals surface area contributed by atoms with Crippen LogP contribution >= 0.6 is 0 Å². The third-order valence-corrected chi connectivity index (χ3v) is 2.63. The monoisotopic (exact) mass is 215 g/mol. The second-order valence-corrected chi connectivity index (χ2v) is 4.20. The van der Waals surface area contributed by atoms with Crippen molar-refractivity contribution < 1.29 is 0 Å². The zero-order valence-corrected chi connectivity index (χ0v) is 10.7. The van der Waals surface area contributed by atoms with E-state index >= 15 is 0 Å². The predicted molar refractivity (Wildman–Crippen MR) is 73.2 cm³/mol. The topological polar surface area (TPSA) is 12.4 Å².